The fourth-order valence-electron chi connectivity index (χ4n) is 2.10. The van der Waals surface area contributed by atoms with Gasteiger partial charge in [-0.25, -0.2) is 4.98 Å². The molecule has 1 saturated heterocycles. The molecule has 1 fully saturated rings. The van der Waals surface area contributed by atoms with Crippen LogP contribution in [0.25, 0.3) is 0 Å². The number of amides is 1. The molecule has 0 unspecified atom stereocenters. The van der Waals surface area contributed by atoms with Crippen molar-refractivity contribution in [3.8, 4) is 0 Å². The highest BCUT2D eigenvalue weighted by atomic mass is 16.1. The van der Waals surface area contributed by atoms with E-state index >= 15 is 0 Å². The second-order valence-corrected chi connectivity index (χ2v) is 4.83. The third-order valence-corrected chi connectivity index (χ3v) is 3.32. The van der Waals surface area contributed by atoms with Gasteiger partial charge in [-0.2, -0.15) is 0 Å². The molecule has 18 heavy (non-hydrogen) atoms. The van der Waals surface area contributed by atoms with E-state index in [1.807, 2.05) is 12.1 Å². The average molecular weight is 248 g/mol. The van der Waals surface area contributed by atoms with Crippen LogP contribution >= 0.6 is 0 Å². The first-order chi connectivity index (χ1) is 8.69. The highest BCUT2D eigenvalue weighted by Gasteiger charge is 2.16. The van der Waals surface area contributed by atoms with E-state index in [0.717, 1.165) is 24.8 Å². The standard InChI is InChI=1S/C13H20N4O/c1-10-4-6-17(7-5-10)12-3-2-11(9-15-12)16-13(18)8-14/h2-3,9-10H,4-8,14H2,1H3,(H,16,18). The van der Waals surface area contributed by atoms with Gasteiger partial charge < -0.3 is 16.0 Å². The van der Waals surface area contributed by atoms with E-state index in [1.54, 1.807) is 6.20 Å². The first-order valence-electron chi connectivity index (χ1n) is 6.40. The van der Waals surface area contributed by atoms with Gasteiger partial charge in [0.15, 0.2) is 0 Å². The van der Waals surface area contributed by atoms with Gasteiger partial charge >= 0.3 is 0 Å². The number of carbonyl (C=O) groups excluding carboxylic acids is 1. The van der Waals surface area contributed by atoms with Crippen molar-refractivity contribution in [2.75, 3.05) is 29.9 Å². The zero-order valence-electron chi connectivity index (χ0n) is 10.7. The lowest BCUT2D eigenvalue weighted by Crippen LogP contribution is -2.33. The van der Waals surface area contributed by atoms with E-state index in [0.29, 0.717) is 5.69 Å². The van der Waals surface area contributed by atoms with Crippen LogP contribution in [0.2, 0.25) is 0 Å². The minimum atomic E-state index is -0.198. The van der Waals surface area contributed by atoms with Crippen molar-refractivity contribution in [3.05, 3.63) is 18.3 Å². The number of aromatic nitrogens is 1. The molecule has 0 radical (unpaired) electrons. The monoisotopic (exact) mass is 248 g/mol. The van der Waals surface area contributed by atoms with E-state index in [9.17, 15) is 4.79 Å². The van der Waals surface area contributed by atoms with Crippen LogP contribution < -0.4 is 16.0 Å². The first-order valence-corrected chi connectivity index (χ1v) is 6.40. The molecule has 3 N–H and O–H groups in total. The summed E-state index contributed by atoms with van der Waals surface area (Å²) in [6, 6.07) is 3.82. The molecule has 0 bridgehead atoms. The Labute approximate surface area is 107 Å². The van der Waals surface area contributed by atoms with E-state index in [-0.39, 0.29) is 12.5 Å². The number of piperidine rings is 1. The summed E-state index contributed by atoms with van der Waals surface area (Å²) in [5.74, 6) is 1.59. The Balaban J connectivity index is 1.97. The van der Waals surface area contributed by atoms with Gasteiger partial charge in [0.2, 0.25) is 5.91 Å². The number of anilines is 2. The third-order valence-electron chi connectivity index (χ3n) is 3.32. The molecular weight excluding hydrogens is 228 g/mol. The van der Waals surface area contributed by atoms with Crippen LogP contribution in [0.4, 0.5) is 11.5 Å². The van der Waals surface area contributed by atoms with E-state index in [2.05, 4.69) is 22.1 Å². The molecule has 1 aromatic rings. The molecule has 0 aliphatic carbocycles. The molecule has 5 nitrogen and oxygen atoms in total. The Kier molecular flexibility index (Phi) is 4.15. The molecule has 5 heteroatoms. The lowest BCUT2D eigenvalue weighted by Gasteiger charge is -2.31. The van der Waals surface area contributed by atoms with E-state index in [1.165, 1.54) is 12.8 Å². The number of rotatable bonds is 3. The van der Waals surface area contributed by atoms with Crippen LogP contribution in [-0.4, -0.2) is 30.5 Å². The summed E-state index contributed by atoms with van der Waals surface area (Å²) in [6.45, 7) is 4.40. The van der Waals surface area contributed by atoms with Crippen LogP contribution in [0.5, 0.6) is 0 Å². The lowest BCUT2D eigenvalue weighted by atomic mass is 9.99. The molecular formula is C13H20N4O. The topological polar surface area (TPSA) is 71.2 Å². The number of nitrogens with zero attached hydrogens (tertiary/aromatic N) is 2. The summed E-state index contributed by atoms with van der Waals surface area (Å²) in [5.41, 5.74) is 5.93. The number of hydrogen-bond acceptors (Lipinski definition) is 4. The van der Waals surface area contributed by atoms with Crippen molar-refractivity contribution in [1.29, 1.82) is 0 Å². The summed E-state index contributed by atoms with van der Waals surface area (Å²) in [4.78, 5) is 17.8. The molecule has 0 aromatic carbocycles. The highest BCUT2D eigenvalue weighted by molar-refractivity contribution is 5.91. The van der Waals surface area contributed by atoms with Crippen LogP contribution in [0.3, 0.4) is 0 Å². The number of nitrogens with two attached hydrogens (primary N) is 1. The van der Waals surface area contributed by atoms with Crippen LogP contribution in [0, 0.1) is 5.92 Å². The van der Waals surface area contributed by atoms with Crippen molar-refractivity contribution < 1.29 is 4.79 Å². The SMILES string of the molecule is CC1CCN(c2ccc(NC(=O)CN)cn2)CC1. The summed E-state index contributed by atoms with van der Waals surface area (Å²) >= 11 is 0. The summed E-state index contributed by atoms with van der Waals surface area (Å²) in [5, 5.41) is 2.68. The van der Waals surface area contributed by atoms with E-state index < -0.39 is 0 Å². The predicted molar refractivity (Wildman–Crippen MR) is 72.5 cm³/mol. The fraction of sp³-hybridized carbons (Fsp3) is 0.538. The summed E-state index contributed by atoms with van der Waals surface area (Å²) < 4.78 is 0. The zero-order chi connectivity index (χ0) is 13.0. The number of pyridine rings is 1. The largest absolute Gasteiger partial charge is 0.357 e. The summed E-state index contributed by atoms with van der Waals surface area (Å²) in [6.07, 6.45) is 4.11. The van der Waals surface area contributed by atoms with Crippen molar-refractivity contribution in [2.45, 2.75) is 19.8 Å². The third kappa shape index (κ3) is 3.20. The van der Waals surface area contributed by atoms with Gasteiger partial charge in [0.25, 0.3) is 0 Å². The minimum Gasteiger partial charge on any atom is -0.357 e. The number of carbonyl (C=O) groups is 1. The molecule has 0 atom stereocenters. The minimum absolute atomic E-state index is 0.00817. The Bertz CT molecular complexity index is 396. The molecule has 1 amide bonds. The van der Waals surface area contributed by atoms with Gasteiger partial charge in [0.05, 0.1) is 18.4 Å². The van der Waals surface area contributed by atoms with Gasteiger partial charge in [0, 0.05) is 13.1 Å². The smallest absolute Gasteiger partial charge is 0.238 e. The van der Waals surface area contributed by atoms with Crippen molar-refractivity contribution in [3.63, 3.8) is 0 Å². The maximum atomic E-state index is 11.1. The van der Waals surface area contributed by atoms with Crippen LogP contribution in [0.1, 0.15) is 19.8 Å². The average Bonchev–Trinajstić information content (AvgIpc) is 2.40. The van der Waals surface area contributed by atoms with Crippen LogP contribution in [-0.2, 0) is 4.79 Å². The Hall–Kier alpha value is -1.62. The molecule has 2 rings (SSSR count). The molecule has 1 aromatic heterocycles. The zero-order valence-corrected chi connectivity index (χ0v) is 10.7. The normalized spacial score (nSPS) is 16.7. The Morgan fingerprint density at radius 2 is 2.22 bits per heavy atom. The molecule has 0 saturated carbocycles. The van der Waals surface area contributed by atoms with Crippen molar-refractivity contribution in [1.82, 2.24) is 4.98 Å². The van der Waals surface area contributed by atoms with Gasteiger partial charge in [-0.05, 0) is 30.9 Å². The molecule has 2 heterocycles. The quantitative estimate of drug-likeness (QED) is 0.843. The lowest BCUT2D eigenvalue weighted by molar-refractivity contribution is -0.114. The number of hydrogen-bond donors (Lipinski definition) is 2. The second kappa shape index (κ2) is 5.82. The summed E-state index contributed by atoms with van der Waals surface area (Å²) in [7, 11) is 0. The van der Waals surface area contributed by atoms with Gasteiger partial charge in [-0.15, -0.1) is 0 Å². The van der Waals surface area contributed by atoms with E-state index in [4.69, 9.17) is 5.73 Å². The molecule has 1 aliphatic rings. The number of nitrogens with one attached hydrogen (secondary N) is 1. The maximum absolute atomic E-state index is 11.1. The van der Waals surface area contributed by atoms with Crippen molar-refractivity contribution >= 4 is 17.4 Å². The molecule has 1 aliphatic heterocycles. The van der Waals surface area contributed by atoms with Crippen molar-refractivity contribution in [2.24, 2.45) is 11.7 Å². The predicted octanol–water partition coefficient (Wildman–Crippen LogP) is 1.22. The highest BCUT2D eigenvalue weighted by Crippen LogP contribution is 2.21. The van der Waals surface area contributed by atoms with Crippen LogP contribution in [0.15, 0.2) is 18.3 Å². The Morgan fingerprint density at radius 1 is 1.50 bits per heavy atom. The fourth-order valence-corrected chi connectivity index (χ4v) is 2.10. The maximum Gasteiger partial charge on any atom is 0.238 e. The molecule has 0 spiro atoms. The Morgan fingerprint density at radius 3 is 2.78 bits per heavy atom. The second-order valence-electron chi connectivity index (χ2n) is 4.83. The van der Waals surface area contributed by atoms with Gasteiger partial charge in [-0.3, -0.25) is 4.79 Å². The van der Waals surface area contributed by atoms with Gasteiger partial charge in [-0.1, -0.05) is 6.92 Å². The first kappa shape index (κ1) is 12.8. The molecule has 98 valence electrons. The van der Waals surface area contributed by atoms with Gasteiger partial charge in [0.1, 0.15) is 5.82 Å².